The molecule has 1 aliphatic rings. The third-order valence-electron chi connectivity index (χ3n) is 3.20. The molecule has 1 aliphatic heterocycles. The van der Waals surface area contributed by atoms with Crippen molar-refractivity contribution >= 4 is 11.8 Å². The van der Waals surface area contributed by atoms with E-state index < -0.39 is 11.9 Å². The lowest BCUT2D eigenvalue weighted by Gasteiger charge is -2.26. The molecule has 0 spiro atoms. The summed E-state index contributed by atoms with van der Waals surface area (Å²) in [5.41, 5.74) is 4.41. The van der Waals surface area contributed by atoms with Crippen molar-refractivity contribution in [2.24, 2.45) is 0 Å². The second-order valence-electron chi connectivity index (χ2n) is 4.72. The summed E-state index contributed by atoms with van der Waals surface area (Å²) in [6.45, 7) is 1.43. The molecular weight excluding hydrogens is 257 g/mol. The number of aromatic nitrogens is 2. The summed E-state index contributed by atoms with van der Waals surface area (Å²) >= 11 is 0. The topological polar surface area (TPSA) is 55.0 Å². The second kappa shape index (κ2) is 5.63. The maximum absolute atomic E-state index is 12.7. The fourth-order valence-corrected chi connectivity index (χ4v) is 2.24. The molecule has 0 atom stereocenters. The highest BCUT2D eigenvalue weighted by molar-refractivity contribution is 5.44. The van der Waals surface area contributed by atoms with E-state index in [9.17, 15) is 13.2 Å². The Kier molecular flexibility index (Phi) is 4.11. The molecule has 2 rings (SSSR count). The second-order valence-corrected chi connectivity index (χ2v) is 4.72. The summed E-state index contributed by atoms with van der Waals surface area (Å²) in [5.74, 6) is -0.0476. The Hall–Kier alpha value is -1.53. The number of nitrogens with two attached hydrogens (primary N) is 1. The van der Waals surface area contributed by atoms with Gasteiger partial charge in [-0.05, 0) is 12.8 Å². The highest BCUT2D eigenvalue weighted by Gasteiger charge is 2.34. The first-order valence-electron chi connectivity index (χ1n) is 6.43. The summed E-state index contributed by atoms with van der Waals surface area (Å²) in [5, 5.41) is 0. The van der Waals surface area contributed by atoms with Crippen LogP contribution in [0.15, 0.2) is 6.07 Å². The average molecular weight is 274 g/mol. The van der Waals surface area contributed by atoms with E-state index in [1.807, 2.05) is 4.90 Å². The molecule has 1 fully saturated rings. The van der Waals surface area contributed by atoms with E-state index in [2.05, 4.69) is 9.97 Å². The maximum Gasteiger partial charge on any atom is 0.433 e. The summed E-state index contributed by atoms with van der Waals surface area (Å²) in [7, 11) is 0. The van der Waals surface area contributed by atoms with Crippen molar-refractivity contribution in [3.63, 3.8) is 0 Å². The standard InChI is InChI=1S/C12H17F3N4/c13-12(14,15)9-8-10(18-11(16)17-9)19-6-4-2-1-3-5-7-19/h8H,1-7H2,(H2,16,17,18). The largest absolute Gasteiger partial charge is 0.433 e. The monoisotopic (exact) mass is 274 g/mol. The molecule has 0 amide bonds. The van der Waals surface area contributed by atoms with E-state index >= 15 is 0 Å². The number of hydrogen-bond donors (Lipinski definition) is 1. The van der Waals surface area contributed by atoms with E-state index in [0.717, 1.165) is 31.7 Å². The van der Waals surface area contributed by atoms with E-state index in [1.54, 1.807) is 0 Å². The number of nitrogen functional groups attached to an aromatic ring is 1. The van der Waals surface area contributed by atoms with Crippen LogP contribution in [0.25, 0.3) is 0 Å². The fourth-order valence-electron chi connectivity index (χ4n) is 2.24. The molecule has 0 unspecified atom stereocenters. The van der Waals surface area contributed by atoms with Crippen LogP contribution in [0.2, 0.25) is 0 Å². The molecule has 1 aromatic heterocycles. The van der Waals surface area contributed by atoms with Gasteiger partial charge < -0.3 is 10.6 Å². The van der Waals surface area contributed by atoms with Gasteiger partial charge in [0.05, 0.1) is 0 Å². The van der Waals surface area contributed by atoms with Gasteiger partial charge in [-0.1, -0.05) is 19.3 Å². The third kappa shape index (κ3) is 3.71. The molecule has 106 valence electrons. The van der Waals surface area contributed by atoms with Gasteiger partial charge in [-0.25, -0.2) is 4.98 Å². The van der Waals surface area contributed by atoms with Crippen molar-refractivity contribution in [1.29, 1.82) is 0 Å². The van der Waals surface area contributed by atoms with E-state index in [-0.39, 0.29) is 11.8 Å². The lowest BCUT2D eigenvalue weighted by molar-refractivity contribution is -0.141. The van der Waals surface area contributed by atoms with Crippen LogP contribution < -0.4 is 10.6 Å². The molecule has 0 aromatic carbocycles. The molecule has 7 heteroatoms. The molecule has 2 heterocycles. The number of nitrogens with zero attached hydrogens (tertiary/aromatic N) is 3. The van der Waals surface area contributed by atoms with Crippen molar-refractivity contribution < 1.29 is 13.2 Å². The SMILES string of the molecule is Nc1nc(N2CCCCCCC2)cc(C(F)(F)F)n1. The first kappa shape index (κ1) is 13.9. The van der Waals surface area contributed by atoms with Crippen molar-refractivity contribution in [3.05, 3.63) is 11.8 Å². The van der Waals surface area contributed by atoms with Crippen LogP contribution in [0.1, 0.15) is 37.8 Å². The van der Waals surface area contributed by atoms with E-state index in [1.165, 1.54) is 6.42 Å². The Morgan fingerprint density at radius 2 is 1.58 bits per heavy atom. The van der Waals surface area contributed by atoms with Crippen molar-refractivity contribution in [3.8, 4) is 0 Å². The van der Waals surface area contributed by atoms with Crippen molar-refractivity contribution in [2.75, 3.05) is 23.7 Å². The molecular formula is C12H17F3N4. The molecule has 0 aliphatic carbocycles. The van der Waals surface area contributed by atoms with Crippen molar-refractivity contribution in [2.45, 2.75) is 38.3 Å². The van der Waals surface area contributed by atoms with Crippen molar-refractivity contribution in [1.82, 2.24) is 9.97 Å². The van der Waals surface area contributed by atoms with Crippen LogP contribution in [-0.2, 0) is 6.18 Å². The smallest absolute Gasteiger partial charge is 0.368 e. The minimum absolute atomic E-state index is 0.279. The minimum atomic E-state index is -4.49. The number of hydrogen-bond acceptors (Lipinski definition) is 4. The average Bonchev–Trinajstić information content (AvgIpc) is 2.26. The van der Waals surface area contributed by atoms with Gasteiger partial charge >= 0.3 is 6.18 Å². The lowest BCUT2D eigenvalue weighted by atomic mass is 10.1. The Morgan fingerprint density at radius 3 is 2.16 bits per heavy atom. The minimum Gasteiger partial charge on any atom is -0.368 e. The summed E-state index contributed by atoms with van der Waals surface area (Å²) in [6, 6.07) is 0.984. The highest BCUT2D eigenvalue weighted by Crippen LogP contribution is 2.30. The molecule has 19 heavy (non-hydrogen) atoms. The van der Waals surface area contributed by atoms with Crippen LogP contribution >= 0.6 is 0 Å². The van der Waals surface area contributed by atoms with Gasteiger partial charge in [-0.3, -0.25) is 0 Å². The lowest BCUT2D eigenvalue weighted by Crippen LogP contribution is -2.28. The van der Waals surface area contributed by atoms with Crippen LogP contribution in [0, 0.1) is 0 Å². The van der Waals surface area contributed by atoms with Crippen LogP contribution in [0.5, 0.6) is 0 Å². The molecule has 0 saturated carbocycles. The van der Waals surface area contributed by atoms with Gasteiger partial charge in [0.15, 0.2) is 5.69 Å². The summed E-state index contributed by atoms with van der Waals surface area (Å²) in [6.07, 6.45) is 0.824. The Balaban J connectivity index is 2.24. The maximum atomic E-state index is 12.7. The van der Waals surface area contributed by atoms with Gasteiger partial charge in [-0.2, -0.15) is 18.2 Å². The predicted octanol–water partition coefficient (Wildman–Crippen LogP) is 2.85. The summed E-state index contributed by atoms with van der Waals surface area (Å²) < 4.78 is 38.1. The number of rotatable bonds is 1. The zero-order valence-corrected chi connectivity index (χ0v) is 10.6. The van der Waals surface area contributed by atoms with E-state index in [4.69, 9.17) is 5.73 Å². The van der Waals surface area contributed by atoms with Crippen LogP contribution in [0.3, 0.4) is 0 Å². The molecule has 2 N–H and O–H groups in total. The van der Waals surface area contributed by atoms with Gasteiger partial charge in [-0.15, -0.1) is 0 Å². The normalized spacial score (nSPS) is 17.9. The Morgan fingerprint density at radius 1 is 1.00 bits per heavy atom. The molecule has 0 bridgehead atoms. The number of anilines is 2. The Bertz CT molecular complexity index is 425. The van der Waals surface area contributed by atoms with Gasteiger partial charge in [0.2, 0.25) is 5.95 Å². The zero-order valence-electron chi connectivity index (χ0n) is 10.6. The van der Waals surface area contributed by atoms with Crippen LogP contribution in [-0.4, -0.2) is 23.1 Å². The Labute approximate surface area is 109 Å². The summed E-state index contributed by atoms with van der Waals surface area (Å²) in [4.78, 5) is 9.06. The molecule has 0 radical (unpaired) electrons. The number of alkyl halides is 3. The third-order valence-corrected chi connectivity index (χ3v) is 3.20. The first-order valence-corrected chi connectivity index (χ1v) is 6.43. The number of halogens is 3. The zero-order chi connectivity index (χ0) is 13.9. The quantitative estimate of drug-likeness (QED) is 0.855. The van der Waals surface area contributed by atoms with E-state index in [0.29, 0.717) is 13.1 Å². The first-order chi connectivity index (χ1) is 8.97. The van der Waals surface area contributed by atoms with Gasteiger partial charge in [0.25, 0.3) is 0 Å². The molecule has 1 aromatic rings. The van der Waals surface area contributed by atoms with Gasteiger partial charge in [0, 0.05) is 19.2 Å². The van der Waals surface area contributed by atoms with Crippen LogP contribution in [0.4, 0.5) is 24.9 Å². The van der Waals surface area contributed by atoms with Gasteiger partial charge in [0.1, 0.15) is 5.82 Å². The fraction of sp³-hybridized carbons (Fsp3) is 0.667. The molecule has 1 saturated heterocycles. The predicted molar refractivity (Wildman–Crippen MR) is 66.7 cm³/mol. The molecule has 4 nitrogen and oxygen atoms in total. The highest BCUT2D eigenvalue weighted by atomic mass is 19.4.